The van der Waals surface area contributed by atoms with Crippen LogP contribution in [0.3, 0.4) is 0 Å². The molecule has 0 fully saturated rings. The fourth-order valence-electron chi connectivity index (χ4n) is 2.21. The van der Waals surface area contributed by atoms with E-state index in [0.717, 1.165) is 27.8 Å². The van der Waals surface area contributed by atoms with Gasteiger partial charge < -0.3 is 14.5 Å². The number of nitrogens with zero attached hydrogens (tertiary/aromatic N) is 1. The second kappa shape index (κ2) is 7.79. The van der Waals surface area contributed by atoms with Gasteiger partial charge in [-0.15, -0.1) is 11.3 Å². The topological polar surface area (TPSA) is 64.4 Å². The van der Waals surface area contributed by atoms with Gasteiger partial charge in [0.15, 0.2) is 0 Å². The number of hydrogen-bond acceptors (Lipinski definition) is 5. The van der Waals surface area contributed by atoms with Crippen molar-refractivity contribution in [3.05, 3.63) is 59.5 Å². The Morgan fingerprint density at radius 1 is 1.29 bits per heavy atom. The normalized spacial score (nSPS) is 10.5. The molecular weight excluding hydrogens is 324 g/mol. The maximum Gasteiger partial charge on any atom is 0.226 e. The molecule has 0 unspecified atom stereocenters. The summed E-state index contributed by atoms with van der Waals surface area (Å²) < 4.78 is 10.6. The van der Waals surface area contributed by atoms with Gasteiger partial charge in [-0.2, -0.15) is 0 Å². The van der Waals surface area contributed by atoms with Crippen LogP contribution in [0, 0.1) is 0 Å². The first-order chi connectivity index (χ1) is 11.7. The molecule has 2 aromatic heterocycles. The molecule has 1 N–H and O–H groups in total. The Hall–Kier alpha value is -2.60. The minimum atomic E-state index is -0.0741. The highest BCUT2D eigenvalue weighted by molar-refractivity contribution is 7.13. The van der Waals surface area contributed by atoms with E-state index in [0.29, 0.717) is 13.2 Å². The van der Waals surface area contributed by atoms with Gasteiger partial charge in [0.25, 0.3) is 0 Å². The first-order valence-corrected chi connectivity index (χ1v) is 8.59. The van der Waals surface area contributed by atoms with Crippen LogP contribution in [-0.2, 0) is 17.8 Å². The van der Waals surface area contributed by atoms with Crippen LogP contribution in [0.2, 0.25) is 0 Å². The van der Waals surface area contributed by atoms with Gasteiger partial charge in [0.2, 0.25) is 5.91 Å². The molecule has 3 rings (SSSR count). The molecule has 0 atom stereocenters. The van der Waals surface area contributed by atoms with Gasteiger partial charge in [0.1, 0.15) is 16.5 Å². The van der Waals surface area contributed by atoms with Crippen molar-refractivity contribution < 1.29 is 13.9 Å². The number of rotatable bonds is 7. The number of benzene rings is 1. The Bertz CT molecular complexity index is 779. The first-order valence-electron chi connectivity index (χ1n) is 7.71. The van der Waals surface area contributed by atoms with Crippen molar-refractivity contribution in [2.75, 3.05) is 6.61 Å². The van der Waals surface area contributed by atoms with E-state index < -0.39 is 0 Å². The standard InChI is InChI=1S/C18H18N2O3S/c1-2-22-15-7-5-13(6-8-15)18-20-14(12-24-18)10-17(21)19-11-16-4-3-9-23-16/h3-9,12H,2,10-11H2,1H3,(H,19,21). The summed E-state index contributed by atoms with van der Waals surface area (Å²) in [5.41, 5.74) is 1.78. The van der Waals surface area contributed by atoms with Crippen LogP contribution in [0.25, 0.3) is 10.6 Å². The molecule has 0 saturated heterocycles. The molecule has 1 amide bonds. The average molecular weight is 342 g/mol. The molecule has 0 aliphatic heterocycles. The fraction of sp³-hybridized carbons (Fsp3) is 0.222. The summed E-state index contributed by atoms with van der Waals surface area (Å²) in [5.74, 6) is 1.50. The molecule has 0 spiro atoms. The second-order valence-electron chi connectivity index (χ2n) is 5.13. The summed E-state index contributed by atoms with van der Waals surface area (Å²) >= 11 is 1.53. The number of amides is 1. The quantitative estimate of drug-likeness (QED) is 0.712. The second-order valence-corrected chi connectivity index (χ2v) is 5.99. The lowest BCUT2D eigenvalue weighted by molar-refractivity contribution is -0.120. The SMILES string of the molecule is CCOc1ccc(-c2nc(CC(=O)NCc3ccco3)cs2)cc1. The number of nitrogens with one attached hydrogen (secondary N) is 1. The summed E-state index contributed by atoms with van der Waals surface area (Å²) in [5, 5.41) is 5.63. The third-order valence-corrected chi connectivity index (χ3v) is 4.29. The van der Waals surface area contributed by atoms with Crippen molar-refractivity contribution in [1.29, 1.82) is 0 Å². The van der Waals surface area contributed by atoms with Crippen molar-refractivity contribution in [3.8, 4) is 16.3 Å². The van der Waals surface area contributed by atoms with Gasteiger partial charge >= 0.3 is 0 Å². The molecule has 0 bridgehead atoms. The highest BCUT2D eigenvalue weighted by Gasteiger charge is 2.09. The number of carbonyl (C=O) groups is 1. The maximum absolute atomic E-state index is 12.0. The van der Waals surface area contributed by atoms with E-state index >= 15 is 0 Å². The molecule has 1 aromatic carbocycles. The predicted molar refractivity (Wildman–Crippen MR) is 93.0 cm³/mol. The monoisotopic (exact) mass is 342 g/mol. The fourth-order valence-corrected chi connectivity index (χ4v) is 3.03. The largest absolute Gasteiger partial charge is 0.494 e. The Kier molecular flexibility index (Phi) is 5.28. The zero-order valence-electron chi connectivity index (χ0n) is 13.3. The minimum absolute atomic E-state index is 0.0741. The van der Waals surface area contributed by atoms with E-state index in [2.05, 4.69) is 10.3 Å². The summed E-state index contributed by atoms with van der Waals surface area (Å²) in [6, 6.07) is 11.4. The van der Waals surface area contributed by atoms with Crippen LogP contribution in [0.1, 0.15) is 18.4 Å². The maximum atomic E-state index is 12.0. The van der Waals surface area contributed by atoms with Crippen LogP contribution < -0.4 is 10.1 Å². The highest BCUT2D eigenvalue weighted by atomic mass is 32.1. The Morgan fingerprint density at radius 3 is 2.83 bits per heavy atom. The van der Waals surface area contributed by atoms with Crippen molar-refractivity contribution in [2.45, 2.75) is 19.9 Å². The molecule has 0 saturated carbocycles. The molecule has 3 aromatic rings. The van der Waals surface area contributed by atoms with Gasteiger partial charge in [-0.1, -0.05) is 0 Å². The van der Waals surface area contributed by atoms with Crippen LogP contribution in [0.4, 0.5) is 0 Å². The van der Waals surface area contributed by atoms with E-state index in [1.807, 2.05) is 42.6 Å². The van der Waals surface area contributed by atoms with E-state index in [4.69, 9.17) is 9.15 Å². The molecule has 24 heavy (non-hydrogen) atoms. The van der Waals surface area contributed by atoms with Gasteiger partial charge in [-0.25, -0.2) is 4.98 Å². The molecular formula is C18H18N2O3S. The number of carbonyl (C=O) groups excluding carboxylic acids is 1. The minimum Gasteiger partial charge on any atom is -0.494 e. The summed E-state index contributed by atoms with van der Waals surface area (Å²) in [6.45, 7) is 2.99. The summed E-state index contributed by atoms with van der Waals surface area (Å²) in [4.78, 5) is 16.5. The zero-order chi connectivity index (χ0) is 16.8. The highest BCUT2D eigenvalue weighted by Crippen LogP contribution is 2.26. The number of furan rings is 1. The molecule has 0 radical (unpaired) electrons. The summed E-state index contributed by atoms with van der Waals surface area (Å²) in [7, 11) is 0. The number of aromatic nitrogens is 1. The number of ether oxygens (including phenoxy) is 1. The van der Waals surface area contributed by atoms with Gasteiger partial charge in [0, 0.05) is 10.9 Å². The van der Waals surface area contributed by atoms with E-state index in [1.165, 1.54) is 11.3 Å². The summed E-state index contributed by atoms with van der Waals surface area (Å²) in [6.07, 6.45) is 1.85. The van der Waals surface area contributed by atoms with Crippen LogP contribution in [0.5, 0.6) is 5.75 Å². The Balaban J connectivity index is 1.57. The predicted octanol–water partition coefficient (Wildman–Crippen LogP) is 3.66. The van der Waals surface area contributed by atoms with Crippen molar-refractivity contribution in [3.63, 3.8) is 0 Å². The third-order valence-electron chi connectivity index (χ3n) is 3.35. The molecule has 124 valence electrons. The molecule has 0 aliphatic rings. The Morgan fingerprint density at radius 2 is 2.12 bits per heavy atom. The van der Waals surface area contributed by atoms with Crippen LogP contribution in [-0.4, -0.2) is 17.5 Å². The Labute approximate surface area is 144 Å². The lowest BCUT2D eigenvalue weighted by Crippen LogP contribution is -2.24. The van der Waals surface area contributed by atoms with Gasteiger partial charge in [0.05, 0.1) is 31.5 Å². The van der Waals surface area contributed by atoms with Crippen molar-refractivity contribution in [1.82, 2.24) is 10.3 Å². The van der Waals surface area contributed by atoms with Crippen molar-refractivity contribution >= 4 is 17.2 Å². The van der Waals surface area contributed by atoms with Gasteiger partial charge in [-0.3, -0.25) is 4.79 Å². The third kappa shape index (κ3) is 4.23. The first kappa shape index (κ1) is 16.3. The van der Waals surface area contributed by atoms with Gasteiger partial charge in [-0.05, 0) is 43.3 Å². The van der Waals surface area contributed by atoms with Crippen molar-refractivity contribution in [2.24, 2.45) is 0 Å². The molecule has 6 heteroatoms. The molecule has 5 nitrogen and oxygen atoms in total. The zero-order valence-corrected chi connectivity index (χ0v) is 14.1. The average Bonchev–Trinajstić information content (AvgIpc) is 3.26. The van der Waals surface area contributed by atoms with E-state index in [1.54, 1.807) is 12.3 Å². The molecule has 0 aliphatic carbocycles. The van der Waals surface area contributed by atoms with E-state index in [9.17, 15) is 4.79 Å². The lowest BCUT2D eigenvalue weighted by Gasteiger charge is -2.03. The van der Waals surface area contributed by atoms with Crippen LogP contribution >= 0.6 is 11.3 Å². The lowest BCUT2D eigenvalue weighted by atomic mass is 10.2. The molecule has 2 heterocycles. The van der Waals surface area contributed by atoms with Crippen LogP contribution in [0.15, 0.2) is 52.5 Å². The number of hydrogen-bond donors (Lipinski definition) is 1. The number of thiazole rings is 1. The van der Waals surface area contributed by atoms with E-state index in [-0.39, 0.29) is 12.3 Å². The smallest absolute Gasteiger partial charge is 0.226 e.